The van der Waals surface area contributed by atoms with Crippen molar-refractivity contribution in [1.82, 2.24) is 0 Å². The minimum Gasteiger partial charge on any atom is -0.494 e. The molecule has 0 amide bonds. The molecular formula is C22H27FO. The molecule has 0 radical (unpaired) electrons. The number of benzene rings is 2. The highest BCUT2D eigenvalue weighted by atomic mass is 19.1. The van der Waals surface area contributed by atoms with Gasteiger partial charge in [-0.2, -0.15) is 0 Å². The van der Waals surface area contributed by atoms with Crippen LogP contribution >= 0.6 is 0 Å². The average Bonchev–Trinajstić information content (AvgIpc) is 2.61. The summed E-state index contributed by atoms with van der Waals surface area (Å²) in [5.41, 5.74) is 4.65. The maximum atomic E-state index is 14.4. The normalized spacial score (nSPS) is 16.7. The second-order valence-electron chi connectivity index (χ2n) is 6.78. The van der Waals surface area contributed by atoms with E-state index in [9.17, 15) is 4.39 Å². The van der Waals surface area contributed by atoms with Crippen LogP contribution in [0.4, 0.5) is 4.39 Å². The number of hydrogen-bond donors (Lipinski definition) is 0. The van der Waals surface area contributed by atoms with E-state index in [4.69, 9.17) is 4.74 Å². The molecule has 0 aromatic heterocycles. The molecule has 2 aromatic carbocycles. The van der Waals surface area contributed by atoms with E-state index in [-0.39, 0.29) is 11.7 Å². The molecule has 0 spiro atoms. The van der Waals surface area contributed by atoms with Gasteiger partial charge in [0.2, 0.25) is 0 Å². The van der Waals surface area contributed by atoms with E-state index >= 15 is 0 Å². The maximum absolute atomic E-state index is 14.4. The molecule has 0 saturated heterocycles. The molecule has 2 heteroatoms. The minimum atomic E-state index is -0.0395. The summed E-state index contributed by atoms with van der Waals surface area (Å²) >= 11 is 0. The highest BCUT2D eigenvalue weighted by Crippen LogP contribution is 2.35. The molecule has 1 unspecified atom stereocenters. The van der Waals surface area contributed by atoms with Crippen molar-refractivity contribution >= 4 is 0 Å². The van der Waals surface area contributed by atoms with Gasteiger partial charge in [-0.3, -0.25) is 0 Å². The van der Waals surface area contributed by atoms with E-state index in [1.165, 1.54) is 11.1 Å². The lowest BCUT2D eigenvalue weighted by Crippen LogP contribution is -2.14. The highest BCUT2D eigenvalue weighted by molar-refractivity contribution is 5.40. The van der Waals surface area contributed by atoms with Gasteiger partial charge in [-0.25, -0.2) is 4.39 Å². The number of rotatable bonds is 6. The Hall–Kier alpha value is -1.83. The number of ether oxygens (including phenoxy) is 1. The van der Waals surface area contributed by atoms with Crippen LogP contribution in [-0.4, -0.2) is 6.61 Å². The molecule has 1 aliphatic rings. The predicted octanol–water partition coefficient (Wildman–Crippen LogP) is 5.84. The largest absolute Gasteiger partial charge is 0.494 e. The zero-order chi connectivity index (χ0) is 16.9. The third kappa shape index (κ3) is 3.80. The molecular weight excluding hydrogens is 299 g/mol. The first-order chi connectivity index (χ1) is 11.7. The summed E-state index contributed by atoms with van der Waals surface area (Å²) in [7, 11) is 0. The van der Waals surface area contributed by atoms with Crippen molar-refractivity contribution in [1.29, 1.82) is 0 Å². The summed E-state index contributed by atoms with van der Waals surface area (Å²) in [5, 5.41) is 0. The summed E-state index contributed by atoms with van der Waals surface area (Å²) in [6.07, 6.45) is 6.05. The maximum Gasteiger partial charge on any atom is 0.126 e. The van der Waals surface area contributed by atoms with Crippen LogP contribution in [0, 0.1) is 5.82 Å². The standard InChI is InChI=1S/C22H27FO/c1-3-5-12-24-20-10-9-17-14-19(8-7-18(17)15-20)21-11-6-16(4-2)13-22(21)23/h6,9-11,13,15,19H,3-5,7-8,12,14H2,1-2H3. The monoisotopic (exact) mass is 326 g/mol. The van der Waals surface area contributed by atoms with Gasteiger partial charge in [0.15, 0.2) is 0 Å². The molecule has 0 saturated carbocycles. The van der Waals surface area contributed by atoms with Gasteiger partial charge in [0.05, 0.1) is 6.61 Å². The van der Waals surface area contributed by atoms with Crippen molar-refractivity contribution in [3.63, 3.8) is 0 Å². The molecule has 24 heavy (non-hydrogen) atoms. The fourth-order valence-electron chi connectivity index (χ4n) is 3.54. The van der Waals surface area contributed by atoms with E-state index in [0.717, 1.165) is 62.0 Å². The van der Waals surface area contributed by atoms with E-state index in [1.807, 2.05) is 6.07 Å². The average molecular weight is 326 g/mol. The Labute approximate surface area is 144 Å². The minimum absolute atomic E-state index is 0.0395. The van der Waals surface area contributed by atoms with Crippen molar-refractivity contribution in [2.45, 2.75) is 58.3 Å². The first-order valence-corrected chi connectivity index (χ1v) is 9.24. The van der Waals surface area contributed by atoms with Crippen LogP contribution in [0.25, 0.3) is 0 Å². The topological polar surface area (TPSA) is 9.23 Å². The fourth-order valence-corrected chi connectivity index (χ4v) is 3.54. The van der Waals surface area contributed by atoms with Crippen LogP contribution in [-0.2, 0) is 19.3 Å². The van der Waals surface area contributed by atoms with Gasteiger partial charge >= 0.3 is 0 Å². The van der Waals surface area contributed by atoms with Gasteiger partial charge in [0.1, 0.15) is 11.6 Å². The van der Waals surface area contributed by atoms with Gasteiger partial charge in [-0.15, -0.1) is 0 Å². The first-order valence-electron chi connectivity index (χ1n) is 9.24. The van der Waals surface area contributed by atoms with Crippen molar-refractivity contribution in [2.24, 2.45) is 0 Å². The lowest BCUT2D eigenvalue weighted by molar-refractivity contribution is 0.308. The van der Waals surface area contributed by atoms with Gasteiger partial charge < -0.3 is 4.74 Å². The Morgan fingerprint density at radius 1 is 1.08 bits per heavy atom. The summed E-state index contributed by atoms with van der Waals surface area (Å²) in [5.74, 6) is 1.22. The number of hydrogen-bond acceptors (Lipinski definition) is 1. The smallest absolute Gasteiger partial charge is 0.126 e. The quantitative estimate of drug-likeness (QED) is 0.606. The van der Waals surface area contributed by atoms with Gasteiger partial charge in [0.25, 0.3) is 0 Å². The van der Waals surface area contributed by atoms with Crippen LogP contribution in [0.1, 0.15) is 61.3 Å². The summed E-state index contributed by atoms with van der Waals surface area (Å²) in [4.78, 5) is 0. The Kier molecular flexibility index (Phi) is 5.55. The highest BCUT2D eigenvalue weighted by Gasteiger charge is 2.23. The molecule has 0 aliphatic heterocycles. The fraction of sp³-hybridized carbons (Fsp3) is 0.455. The van der Waals surface area contributed by atoms with Crippen LogP contribution in [0.2, 0.25) is 0 Å². The van der Waals surface area contributed by atoms with E-state index < -0.39 is 0 Å². The Morgan fingerprint density at radius 2 is 1.96 bits per heavy atom. The first kappa shape index (κ1) is 17.0. The second kappa shape index (κ2) is 7.83. The third-order valence-corrected chi connectivity index (χ3v) is 5.09. The predicted molar refractivity (Wildman–Crippen MR) is 97.4 cm³/mol. The van der Waals surface area contributed by atoms with E-state index in [2.05, 4.69) is 38.1 Å². The zero-order valence-electron chi connectivity index (χ0n) is 14.8. The van der Waals surface area contributed by atoms with Gasteiger partial charge in [-0.05, 0) is 78.5 Å². The molecule has 128 valence electrons. The molecule has 0 fully saturated rings. The molecule has 2 aromatic rings. The summed E-state index contributed by atoms with van der Waals surface area (Å²) < 4.78 is 20.2. The molecule has 1 nitrogen and oxygen atoms in total. The van der Waals surface area contributed by atoms with E-state index in [1.54, 1.807) is 6.07 Å². The Balaban J connectivity index is 1.73. The van der Waals surface area contributed by atoms with Crippen LogP contribution < -0.4 is 4.74 Å². The molecule has 1 atom stereocenters. The van der Waals surface area contributed by atoms with Crippen molar-refractivity contribution in [3.8, 4) is 5.75 Å². The second-order valence-corrected chi connectivity index (χ2v) is 6.78. The number of aryl methyl sites for hydroxylation is 2. The Morgan fingerprint density at radius 3 is 2.71 bits per heavy atom. The molecule has 3 rings (SSSR count). The van der Waals surface area contributed by atoms with Crippen LogP contribution in [0.5, 0.6) is 5.75 Å². The van der Waals surface area contributed by atoms with Gasteiger partial charge in [-0.1, -0.05) is 38.5 Å². The van der Waals surface area contributed by atoms with Crippen molar-refractivity contribution < 1.29 is 9.13 Å². The molecule has 1 aliphatic carbocycles. The Bertz CT molecular complexity index is 692. The van der Waals surface area contributed by atoms with E-state index in [0.29, 0.717) is 0 Å². The lowest BCUT2D eigenvalue weighted by Gasteiger charge is -2.26. The summed E-state index contributed by atoms with van der Waals surface area (Å²) in [6.45, 7) is 5.01. The number of unbranched alkanes of at least 4 members (excludes halogenated alkanes) is 1. The molecule has 0 bridgehead atoms. The summed E-state index contributed by atoms with van der Waals surface area (Å²) in [6, 6.07) is 12.2. The lowest BCUT2D eigenvalue weighted by atomic mass is 9.80. The zero-order valence-corrected chi connectivity index (χ0v) is 14.8. The van der Waals surface area contributed by atoms with Crippen molar-refractivity contribution in [3.05, 3.63) is 64.5 Å². The van der Waals surface area contributed by atoms with Crippen molar-refractivity contribution in [2.75, 3.05) is 6.61 Å². The van der Waals surface area contributed by atoms with Crippen LogP contribution in [0.3, 0.4) is 0 Å². The third-order valence-electron chi connectivity index (χ3n) is 5.09. The number of fused-ring (bicyclic) bond motifs is 1. The molecule has 0 N–H and O–H groups in total. The van der Waals surface area contributed by atoms with Crippen LogP contribution in [0.15, 0.2) is 36.4 Å². The molecule has 0 heterocycles. The number of halogens is 1. The SMILES string of the molecule is CCCCOc1ccc2c(c1)CCC(c1ccc(CC)cc1F)C2. The van der Waals surface area contributed by atoms with Gasteiger partial charge in [0, 0.05) is 0 Å².